The fourth-order valence-electron chi connectivity index (χ4n) is 3.10. The highest BCUT2D eigenvalue weighted by Crippen LogP contribution is 2.32. The van der Waals surface area contributed by atoms with Gasteiger partial charge in [-0.1, -0.05) is 0 Å². The molecule has 0 aliphatic carbocycles. The third-order valence-corrected chi connectivity index (χ3v) is 4.60. The van der Waals surface area contributed by atoms with Crippen LogP contribution in [0, 0.1) is 30.3 Å². The van der Waals surface area contributed by atoms with Gasteiger partial charge >= 0.3 is 0 Å². The first-order valence-corrected chi connectivity index (χ1v) is 8.49. The van der Waals surface area contributed by atoms with Gasteiger partial charge < -0.3 is 9.80 Å². The van der Waals surface area contributed by atoms with Crippen LogP contribution < -0.4 is 4.90 Å². The fraction of sp³-hybridized carbons (Fsp3) is 0.235. The maximum Gasteiger partial charge on any atom is 0.299 e. The topological polar surface area (TPSA) is 153 Å². The number of nitro groups is 3. The lowest BCUT2D eigenvalue weighted by Crippen LogP contribution is -2.49. The number of piperazine rings is 1. The van der Waals surface area contributed by atoms with Crippen molar-refractivity contribution in [1.82, 2.24) is 4.90 Å². The molecule has 1 saturated heterocycles. The molecule has 0 radical (unpaired) electrons. The number of hydrogen-bond acceptors (Lipinski definition) is 8. The number of non-ortho nitro benzene ring substituents is 2. The van der Waals surface area contributed by atoms with Crippen molar-refractivity contribution in [2.75, 3.05) is 31.1 Å². The van der Waals surface area contributed by atoms with E-state index in [4.69, 9.17) is 0 Å². The van der Waals surface area contributed by atoms with Gasteiger partial charge in [0.15, 0.2) is 0 Å². The zero-order valence-electron chi connectivity index (χ0n) is 15.0. The molecular formula is C17H15N5O7. The third kappa shape index (κ3) is 4.10. The Morgan fingerprint density at radius 3 is 1.83 bits per heavy atom. The quantitative estimate of drug-likeness (QED) is 0.546. The zero-order valence-corrected chi connectivity index (χ0v) is 15.0. The van der Waals surface area contributed by atoms with E-state index in [9.17, 15) is 35.1 Å². The molecule has 2 aromatic rings. The van der Waals surface area contributed by atoms with Gasteiger partial charge in [0.1, 0.15) is 5.69 Å². The first-order chi connectivity index (χ1) is 13.8. The number of carbonyl (C=O) groups excluding carboxylic acids is 1. The monoisotopic (exact) mass is 401 g/mol. The number of rotatable bonds is 5. The van der Waals surface area contributed by atoms with E-state index in [0.29, 0.717) is 18.7 Å². The Balaban J connectivity index is 1.72. The lowest BCUT2D eigenvalue weighted by molar-refractivity contribution is -0.393. The second-order valence-electron chi connectivity index (χ2n) is 6.27. The van der Waals surface area contributed by atoms with E-state index in [0.717, 1.165) is 6.07 Å². The van der Waals surface area contributed by atoms with Gasteiger partial charge in [-0.25, -0.2) is 0 Å². The van der Waals surface area contributed by atoms with Crippen molar-refractivity contribution < 1.29 is 19.6 Å². The van der Waals surface area contributed by atoms with E-state index < -0.39 is 14.8 Å². The van der Waals surface area contributed by atoms with Crippen molar-refractivity contribution in [3.8, 4) is 0 Å². The van der Waals surface area contributed by atoms with E-state index in [1.165, 1.54) is 36.4 Å². The molecular weight excluding hydrogens is 386 g/mol. The molecule has 1 heterocycles. The smallest absolute Gasteiger partial charge is 0.299 e. The van der Waals surface area contributed by atoms with Crippen LogP contribution in [0.4, 0.5) is 22.7 Å². The second-order valence-corrected chi connectivity index (χ2v) is 6.27. The van der Waals surface area contributed by atoms with Crippen LogP contribution in [0.1, 0.15) is 10.4 Å². The lowest BCUT2D eigenvalue weighted by atomic mass is 10.1. The number of amides is 1. The third-order valence-electron chi connectivity index (χ3n) is 4.60. The molecule has 12 heteroatoms. The maximum atomic E-state index is 12.6. The van der Waals surface area contributed by atoms with Crippen molar-refractivity contribution in [3.63, 3.8) is 0 Å². The Morgan fingerprint density at radius 2 is 1.31 bits per heavy atom. The molecule has 0 atom stereocenters. The highest BCUT2D eigenvalue weighted by molar-refractivity contribution is 5.94. The molecule has 12 nitrogen and oxygen atoms in total. The minimum Gasteiger partial charge on any atom is -0.362 e. The SMILES string of the molecule is O=C(c1ccc([N+](=O)[O-])cc1)N1CCN(c2ccc([N+](=O)[O-])cc2[N+](=O)[O-])CC1. The standard InChI is InChI=1S/C17H15N5O7/c23-17(12-1-3-13(4-2-12)20(24)25)19-9-7-18(8-10-19)15-6-5-14(21(26)27)11-16(15)22(28)29/h1-6,11H,7-10H2. The van der Waals surface area contributed by atoms with Crippen LogP contribution in [0.2, 0.25) is 0 Å². The van der Waals surface area contributed by atoms with E-state index in [1.807, 2.05) is 0 Å². The molecule has 1 amide bonds. The van der Waals surface area contributed by atoms with Crippen LogP contribution in [0.25, 0.3) is 0 Å². The van der Waals surface area contributed by atoms with Crippen molar-refractivity contribution in [3.05, 3.63) is 78.4 Å². The van der Waals surface area contributed by atoms with Gasteiger partial charge in [-0.3, -0.25) is 35.1 Å². The van der Waals surface area contributed by atoms with E-state index in [1.54, 1.807) is 9.80 Å². The highest BCUT2D eigenvalue weighted by atomic mass is 16.6. The average molecular weight is 401 g/mol. The number of benzene rings is 2. The Kier molecular flexibility index (Phi) is 5.34. The van der Waals surface area contributed by atoms with Gasteiger partial charge in [0.25, 0.3) is 23.0 Å². The van der Waals surface area contributed by atoms with Gasteiger partial charge in [-0.15, -0.1) is 0 Å². The summed E-state index contributed by atoms with van der Waals surface area (Å²) >= 11 is 0. The molecule has 0 bridgehead atoms. The Bertz CT molecular complexity index is 984. The summed E-state index contributed by atoms with van der Waals surface area (Å²) in [7, 11) is 0. The predicted molar refractivity (Wildman–Crippen MR) is 101 cm³/mol. The van der Waals surface area contributed by atoms with Crippen LogP contribution in [0.3, 0.4) is 0 Å². The first-order valence-electron chi connectivity index (χ1n) is 8.49. The summed E-state index contributed by atoms with van der Waals surface area (Å²) in [5.41, 5.74) is -0.285. The second kappa shape index (κ2) is 7.88. The van der Waals surface area contributed by atoms with Crippen LogP contribution in [-0.4, -0.2) is 51.8 Å². The Morgan fingerprint density at radius 1 is 0.759 bits per heavy atom. The van der Waals surface area contributed by atoms with Crippen LogP contribution >= 0.6 is 0 Å². The summed E-state index contributed by atoms with van der Waals surface area (Å²) < 4.78 is 0. The van der Waals surface area contributed by atoms with Crippen molar-refractivity contribution in [2.45, 2.75) is 0 Å². The molecule has 150 valence electrons. The molecule has 0 unspecified atom stereocenters. The average Bonchev–Trinajstić information content (AvgIpc) is 2.73. The molecule has 1 fully saturated rings. The number of anilines is 1. The largest absolute Gasteiger partial charge is 0.362 e. The molecule has 29 heavy (non-hydrogen) atoms. The van der Waals surface area contributed by atoms with Gasteiger partial charge in [-0.2, -0.15) is 0 Å². The Hall–Kier alpha value is -4.09. The summed E-state index contributed by atoms with van der Waals surface area (Å²) in [5.74, 6) is -0.294. The van der Waals surface area contributed by atoms with Gasteiger partial charge in [-0.05, 0) is 18.2 Å². The molecule has 0 N–H and O–H groups in total. The molecule has 1 aliphatic heterocycles. The van der Waals surface area contributed by atoms with Crippen molar-refractivity contribution >= 4 is 28.7 Å². The van der Waals surface area contributed by atoms with Gasteiger partial charge in [0, 0.05) is 49.9 Å². The minimum absolute atomic E-state index is 0.114. The first kappa shape index (κ1) is 19.7. The zero-order chi connectivity index (χ0) is 21.1. The van der Waals surface area contributed by atoms with E-state index in [2.05, 4.69) is 0 Å². The normalized spacial score (nSPS) is 13.8. The fourth-order valence-corrected chi connectivity index (χ4v) is 3.10. The van der Waals surface area contributed by atoms with Crippen LogP contribution in [0.5, 0.6) is 0 Å². The summed E-state index contributed by atoms with van der Waals surface area (Å²) in [4.78, 5) is 46.8. The summed E-state index contributed by atoms with van der Waals surface area (Å²) in [6.45, 7) is 1.17. The highest BCUT2D eigenvalue weighted by Gasteiger charge is 2.28. The molecule has 2 aromatic carbocycles. The maximum absolute atomic E-state index is 12.6. The van der Waals surface area contributed by atoms with Crippen LogP contribution in [-0.2, 0) is 0 Å². The van der Waals surface area contributed by atoms with Crippen molar-refractivity contribution in [1.29, 1.82) is 0 Å². The predicted octanol–water partition coefficient (Wildman–Crippen LogP) is 2.37. The summed E-state index contributed by atoms with van der Waals surface area (Å²) in [6, 6.07) is 8.74. The van der Waals surface area contributed by atoms with Gasteiger partial charge in [0.2, 0.25) is 0 Å². The lowest BCUT2D eigenvalue weighted by Gasteiger charge is -2.35. The summed E-state index contributed by atoms with van der Waals surface area (Å²) in [5, 5.41) is 32.9. The molecule has 0 aromatic heterocycles. The number of nitrogens with zero attached hydrogens (tertiary/aromatic N) is 5. The Labute approximate surface area is 163 Å². The number of carbonyl (C=O) groups is 1. The van der Waals surface area contributed by atoms with Crippen molar-refractivity contribution in [2.24, 2.45) is 0 Å². The molecule has 1 aliphatic rings. The van der Waals surface area contributed by atoms with Crippen LogP contribution in [0.15, 0.2) is 42.5 Å². The van der Waals surface area contributed by atoms with Gasteiger partial charge in [0.05, 0.1) is 20.8 Å². The number of hydrogen-bond donors (Lipinski definition) is 0. The molecule has 0 spiro atoms. The minimum atomic E-state index is -0.697. The molecule has 0 saturated carbocycles. The number of nitro benzene ring substituents is 3. The molecule has 3 rings (SSSR count). The summed E-state index contributed by atoms with van der Waals surface area (Å²) in [6.07, 6.45) is 0. The van der Waals surface area contributed by atoms with E-state index in [-0.39, 0.29) is 41.7 Å². The van der Waals surface area contributed by atoms with E-state index >= 15 is 0 Å².